The third-order valence-electron chi connectivity index (χ3n) is 2.78. The second kappa shape index (κ2) is 4.49. The molecule has 80 valence electrons. The van der Waals surface area contributed by atoms with Gasteiger partial charge in [-0.25, -0.2) is 0 Å². The van der Waals surface area contributed by atoms with Crippen LogP contribution in [0.15, 0.2) is 30.5 Å². The highest BCUT2D eigenvalue weighted by Gasteiger charge is 2.00. The van der Waals surface area contributed by atoms with Gasteiger partial charge < -0.3 is 10.3 Å². The molecular formula is C13H18N2. The lowest BCUT2D eigenvalue weighted by atomic mass is 10.2. The Bertz CT molecular complexity index is 443. The van der Waals surface area contributed by atoms with Gasteiger partial charge in [0.1, 0.15) is 0 Å². The van der Waals surface area contributed by atoms with Gasteiger partial charge in [0.25, 0.3) is 0 Å². The van der Waals surface area contributed by atoms with E-state index in [4.69, 9.17) is 5.73 Å². The van der Waals surface area contributed by atoms with Crippen molar-refractivity contribution in [3.63, 3.8) is 0 Å². The van der Waals surface area contributed by atoms with E-state index in [9.17, 15) is 0 Å². The summed E-state index contributed by atoms with van der Waals surface area (Å²) >= 11 is 0. The fourth-order valence-electron chi connectivity index (χ4n) is 1.92. The van der Waals surface area contributed by atoms with E-state index in [0.29, 0.717) is 0 Å². The van der Waals surface area contributed by atoms with Gasteiger partial charge in [-0.3, -0.25) is 0 Å². The van der Waals surface area contributed by atoms with E-state index in [0.717, 1.165) is 25.9 Å². The van der Waals surface area contributed by atoms with Crippen LogP contribution in [-0.4, -0.2) is 11.1 Å². The largest absolute Gasteiger partial charge is 0.347 e. The van der Waals surface area contributed by atoms with E-state index in [1.807, 2.05) is 0 Å². The summed E-state index contributed by atoms with van der Waals surface area (Å²) in [5.41, 5.74) is 8.16. The number of hydrogen-bond donors (Lipinski definition) is 1. The van der Waals surface area contributed by atoms with E-state index in [-0.39, 0.29) is 0 Å². The van der Waals surface area contributed by atoms with E-state index in [1.165, 1.54) is 16.5 Å². The average Bonchev–Trinajstić information content (AvgIpc) is 2.62. The second-order valence-electron chi connectivity index (χ2n) is 4.07. The summed E-state index contributed by atoms with van der Waals surface area (Å²) in [5.74, 6) is 0. The summed E-state index contributed by atoms with van der Waals surface area (Å²) in [6, 6.07) is 8.77. The molecule has 0 bridgehead atoms. The molecule has 0 amide bonds. The molecular weight excluding hydrogens is 184 g/mol. The van der Waals surface area contributed by atoms with Gasteiger partial charge in [0.05, 0.1) is 0 Å². The lowest BCUT2D eigenvalue weighted by Crippen LogP contribution is -2.02. The fourth-order valence-corrected chi connectivity index (χ4v) is 1.92. The van der Waals surface area contributed by atoms with E-state index in [1.54, 1.807) is 0 Å². The van der Waals surface area contributed by atoms with Crippen molar-refractivity contribution in [3.8, 4) is 0 Å². The maximum absolute atomic E-state index is 5.50. The van der Waals surface area contributed by atoms with E-state index >= 15 is 0 Å². The summed E-state index contributed by atoms with van der Waals surface area (Å²) in [7, 11) is 0. The van der Waals surface area contributed by atoms with Crippen molar-refractivity contribution in [3.05, 3.63) is 36.0 Å². The van der Waals surface area contributed by atoms with Crippen molar-refractivity contribution < 1.29 is 0 Å². The minimum absolute atomic E-state index is 0.790. The quantitative estimate of drug-likeness (QED) is 0.759. The number of unbranched alkanes of at least 4 members (excludes halogenated alkanes) is 1. The molecule has 1 aromatic heterocycles. The fraction of sp³-hybridized carbons (Fsp3) is 0.385. The number of aryl methyl sites for hydroxylation is 2. The smallest absolute Gasteiger partial charge is 0.0482 e. The number of fused-ring (bicyclic) bond motifs is 1. The van der Waals surface area contributed by atoms with Crippen LogP contribution in [0.4, 0.5) is 0 Å². The van der Waals surface area contributed by atoms with Gasteiger partial charge in [-0.2, -0.15) is 0 Å². The molecule has 2 N–H and O–H groups in total. The monoisotopic (exact) mass is 202 g/mol. The number of aromatic nitrogens is 1. The summed E-state index contributed by atoms with van der Waals surface area (Å²) in [4.78, 5) is 0. The Morgan fingerprint density at radius 3 is 2.87 bits per heavy atom. The van der Waals surface area contributed by atoms with Gasteiger partial charge >= 0.3 is 0 Å². The van der Waals surface area contributed by atoms with Crippen LogP contribution in [0.1, 0.15) is 18.4 Å². The zero-order valence-electron chi connectivity index (χ0n) is 9.24. The Kier molecular flexibility index (Phi) is 3.07. The van der Waals surface area contributed by atoms with Crippen LogP contribution >= 0.6 is 0 Å². The molecule has 0 radical (unpaired) electrons. The first kappa shape index (κ1) is 10.2. The Labute approximate surface area is 90.7 Å². The van der Waals surface area contributed by atoms with Crippen molar-refractivity contribution in [1.29, 1.82) is 0 Å². The van der Waals surface area contributed by atoms with Crippen LogP contribution in [0.5, 0.6) is 0 Å². The summed E-state index contributed by atoms with van der Waals surface area (Å²) in [6.45, 7) is 4.00. The third-order valence-corrected chi connectivity index (χ3v) is 2.78. The summed E-state index contributed by atoms with van der Waals surface area (Å²) in [5, 5.41) is 1.33. The van der Waals surface area contributed by atoms with Crippen LogP contribution < -0.4 is 5.73 Å². The Morgan fingerprint density at radius 1 is 1.20 bits per heavy atom. The van der Waals surface area contributed by atoms with Crippen molar-refractivity contribution in [2.75, 3.05) is 6.54 Å². The molecule has 0 unspecified atom stereocenters. The van der Waals surface area contributed by atoms with E-state index in [2.05, 4.69) is 42.0 Å². The molecule has 0 spiro atoms. The molecule has 0 atom stereocenters. The lowest BCUT2D eigenvalue weighted by molar-refractivity contribution is 0.630. The first-order valence-corrected chi connectivity index (χ1v) is 5.57. The van der Waals surface area contributed by atoms with Crippen molar-refractivity contribution in [1.82, 2.24) is 4.57 Å². The first-order valence-electron chi connectivity index (χ1n) is 5.57. The highest BCUT2D eigenvalue weighted by atomic mass is 14.9. The van der Waals surface area contributed by atoms with Crippen LogP contribution in [0.25, 0.3) is 10.9 Å². The second-order valence-corrected chi connectivity index (χ2v) is 4.07. The highest BCUT2D eigenvalue weighted by molar-refractivity contribution is 5.80. The molecule has 15 heavy (non-hydrogen) atoms. The molecule has 0 aliphatic carbocycles. The normalized spacial score (nSPS) is 11.1. The maximum Gasteiger partial charge on any atom is 0.0482 e. The van der Waals surface area contributed by atoms with Crippen molar-refractivity contribution in [2.45, 2.75) is 26.3 Å². The minimum atomic E-state index is 0.790. The molecule has 0 fully saturated rings. The van der Waals surface area contributed by atoms with Gasteiger partial charge in [-0.15, -0.1) is 0 Å². The van der Waals surface area contributed by atoms with Gasteiger partial charge in [0, 0.05) is 18.3 Å². The topological polar surface area (TPSA) is 30.9 Å². The predicted octanol–water partition coefficient (Wildman–Crippen LogP) is 2.69. The SMILES string of the molecule is Cc1ccc2ccn(CCCCN)c2c1. The standard InChI is InChI=1S/C13H18N2/c1-11-4-5-12-6-9-15(13(12)10-11)8-3-2-7-14/h4-6,9-10H,2-3,7-8,14H2,1H3. The van der Waals surface area contributed by atoms with E-state index < -0.39 is 0 Å². The zero-order valence-corrected chi connectivity index (χ0v) is 9.24. The van der Waals surface area contributed by atoms with Gasteiger partial charge in [-0.1, -0.05) is 12.1 Å². The minimum Gasteiger partial charge on any atom is -0.347 e. The number of rotatable bonds is 4. The van der Waals surface area contributed by atoms with Gasteiger partial charge in [0.15, 0.2) is 0 Å². The molecule has 2 aromatic rings. The Morgan fingerprint density at radius 2 is 2.07 bits per heavy atom. The number of nitrogens with zero attached hydrogens (tertiary/aromatic N) is 1. The number of nitrogens with two attached hydrogens (primary N) is 1. The molecule has 2 rings (SSSR count). The molecule has 0 aliphatic rings. The average molecular weight is 202 g/mol. The Balaban J connectivity index is 2.23. The molecule has 0 saturated heterocycles. The summed E-state index contributed by atoms with van der Waals surface area (Å²) < 4.78 is 2.32. The van der Waals surface area contributed by atoms with Gasteiger partial charge in [0.2, 0.25) is 0 Å². The van der Waals surface area contributed by atoms with Crippen LogP contribution in [0.3, 0.4) is 0 Å². The first-order chi connectivity index (χ1) is 7.31. The molecule has 2 nitrogen and oxygen atoms in total. The number of hydrogen-bond acceptors (Lipinski definition) is 1. The van der Waals surface area contributed by atoms with Crippen LogP contribution in [-0.2, 0) is 6.54 Å². The molecule has 1 heterocycles. The third kappa shape index (κ3) is 2.21. The van der Waals surface area contributed by atoms with Crippen molar-refractivity contribution >= 4 is 10.9 Å². The zero-order chi connectivity index (χ0) is 10.7. The number of benzene rings is 1. The molecule has 0 aliphatic heterocycles. The molecule has 1 aromatic carbocycles. The highest BCUT2D eigenvalue weighted by Crippen LogP contribution is 2.17. The van der Waals surface area contributed by atoms with Crippen LogP contribution in [0, 0.1) is 6.92 Å². The molecule has 0 saturated carbocycles. The maximum atomic E-state index is 5.50. The van der Waals surface area contributed by atoms with Crippen molar-refractivity contribution in [2.24, 2.45) is 5.73 Å². The Hall–Kier alpha value is -1.28. The van der Waals surface area contributed by atoms with Crippen LogP contribution in [0.2, 0.25) is 0 Å². The van der Waals surface area contributed by atoms with Gasteiger partial charge in [-0.05, 0) is 49.4 Å². The molecule has 2 heteroatoms. The lowest BCUT2D eigenvalue weighted by Gasteiger charge is -2.05. The summed E-state index contributed by atoms with van der Waals surface area (Å²) in [6.07, 6.45) is 4.43. The predicted molar refractivity (Wildman–Crippen MR) is 65.0 cm³/mol.